The van der Waals surface area contributed by atoms with Gasteiger partial charge in [-0.2, -0.15) is 5.26 Å². The number of hydrogen-bond donors (Lipinski definition) is 2. The lowest BCUT2D eigenvalue weighted by Gasteiger charge is -2.03. The molecule has 30 heavy (non-hydrogen) atoms. The Kier molecular flexibility index (Phi) is 6.67. The first-order valence-electron chi connectivity index (χ1n) is 9.77. The third kappa shape index (κ3) is 5.01. The van der Waals surface area contributed by atoms with E-state index in [1.54, 1.807) is 11.3 Å². The van der Waals surface area contributed by atoms with Crippen molar-refractivity contribution in [1.82, 2.24) is 10.2 Å². The molecule has 3 aromatic rings. The van der Waals surface area contributed by atoms with E-state index in [4.69, 9.17) is 0 Å². The monoisotopic (exact) mass is 455 g/mol. The van der Waals surface area contributed by atoms with E-state index in [2.05, 4.69) is 26.9 Å². The van der Waals surface area contributed by atoms with Gasteiger partial charge in [-0.3, -0.25) is 4.79 Å². The number of hydrogen-bond acceptors (Lipinski definition) is 8. The molecule has 1 aromatic carbocycles. The molecule has 0 saturated carbocycles. The van der Waals surface area contributed by atoms with Gasteiger partial charge in [0.1, 0.15) is 11.1 Å². The smallest absolute Gasteiger partial charge is 0.235 e. The third-order valence-corrected chi connectivity index (χ3v) is 7.97. The summed E-state index contributed by atoms with van der Waals surface area (Å²) in [7, 11) is 0. The molecule has 9 heteroatoms. The van der Waals surface area contributed by atoms with E-state index >= 15 is 0 Å². The second-order valence-electron chi connectivity index (χ2n) is 7.08. The number of anilines is 3. The number of nitrogens with one attached hydrogen (secondary N) is 2. The van der Waals surface area contributed by atoms with Crippen molar-refractivity contribution >= 4 is 56.2 Å². The van der Waals surface area contributed by atoms with Crippen molar-refractivity contribution in [3.8, 4) is 6.07 Å². The van der Waals surface area contributed by atoms with Gasteiger partial charge < -0.3 is 10.6 Å². The number of amides is 1. The summed E-state index contributed by atoms with van der Waals surface area (Å²) in [6, 6.07) is 10.3. The summed E-state index contributed by atoms with van der Waals surface area (Å²) in [5, 5.41) is 25.4. The standard InChI is InChI=1S/C21H21N5OS3/c1-13-6-5-7-14(10-13)23-20-25-26-21(30-20)28-12-18(27)24-19-16(11-22)15-8-3-2-4-9-17(15)29-19/h5-7,10H,2-4,8-9,12H2,1H3,(H,23,25)(H,24,27). The molecule has 6 nitrogen and oxygen atoms in total. The molecule has 0 unspecified atom stereocenters. The summed E-state index contributed by atoms with van der Waals surface area (Å²) in [5.74, 6) is 0.100. The minimum atomic E-state index is -0.128. The van der Waals surface area contributed by atoms with Crippen LogP contribution in [0.4, 0.5) is 15.8 Å². The summed E-state index contributed by atoms with van der Waals surface area (Å²) < 4.78 is 0.725. The molecule has 1 aliphatic carbocycles. The number of thiophene rings is 1. The number of benzene rings is 1. The van der Waals surface area contributed by atoms with Gasteiger partial charge in [0, 0.05) is 10.6 Å². The lowest BCUT2D eigenvalue weighted by Crippen LogP contribution is -2.13. The summed E-state index contributed by atoms with van der Waals surface area (Å²) in [6.07, 6.45) is 5.39. The van der Waals surface area contributed by atoms with Gasteiger partial charge in [-0.25, -0.2) is 0 Å². The third-order valence-electron chi connectivity index (χ3n) is 4.79. The van der Waals surface area contributed by atoms with E-state index in [9.17, 15) is 10.1 Å². The van der Waals surface area contributed by atoms with Crippen LogP contribution in [0.3, 0.4) is 0 Å². The topological polar surface area (TPSA) is 90.7 Å². The minimum Gasteiger partial charge on any atom is -0.330 e. The number of thioether (sulfide) groups is 1. The number of aryl methyl sites for hydroxylation is 2. The Balaban J connectivity index is 1.35. The molecule has 2 N–H and O–H groups in total. The highest BCUT2D eigenvalue weighted by molar-refractivity contribution is 8.01. The van der Waals surface area contributed by atoms with Gasteiger partial charge >= 0.3 is 0 Å². The van der Waals surface area contributed by atoms with Crippen molar-refractivity contribution in [1.29, 1.82) is 5.26 Å². The van der Waals surface area contributed by atoms with Crippen LogP contribution in [0.5, 0.6) is 0 Å². The second kappa shape index (κ2) is 9.60. The average Bonchev–Trinajstić information content (AvgIpc) is 3.22. The Morgan fingerprint density at radius 2 is 2.10 bits per heavy atom. The van der Waals surface area contributed by atoms with Crippen molar-refractivity contribution < 1.29 is 4.79 Å². The van der Waals surface area contributed by atoms with Gasteiger partial charge in [0.15, 0.2) is 4.34 Å². The van der Waals surface area contributed by atoms with E-state index in [0.717, 1.165) is 41.3 Å². The van der Waals surface area contributed by atoms with Crippen molar-refractivity contribution in [3.63, 3.8) is 0 Å². The van der Waals surface area contributed by atoms with E-state index < -0.39 is 0 Å². The predicted octanol–water partition coefficient (Wildman–Crippen LogP) is 5.52. The van der Waals surface area contributed by atoms with E-state index in [1.807, 2.05) is 31.2 Å². The molecule has 4 rings (SSSR count). The van der Waals surface area contributed by atoms with Crippen LogP contribution in [0, 0.1) is 18.3 Å². The fourth-order valence-corrected chi connectivity index (χ4v) is 6.23. The summed E-state index contributed by atoms with van der Waals surface area (Å²) in [4.78, 5) is 13.7. The van der Waals surface area contributed by atoms with Crippen LogP contribution in [0.2, 0.25) is 0 Å². The van der Waals surface area contributed by atoms with E-state index in [0.29, 0.717) is 15.7 Å². The molecule has 0 radical (unpaired) electrons. The van der Waals surface area contributed by atoms with Gasteiger partial charge in [-0.1, -0.05) is 41.7 Å². The Hall–Kier alpha value is -2.41. The van der Waals surface area contributed by atoms with E-state index in [-0.39, 0.29) is 11.7 Å². The van der Waals surface area contributed by atoms with Crippen LogP contribution in [-0.2, 0) is 17.6 Å². The molecule has 2 aromatic heterocycles. The molecule has 1 amide bonds. The van der Waals surface area contributed by atoms with Crippen LogP contribution in [-0.4, -0.2) is 21.9 Å². The fraction of sp³-hybridized carbons (Fsp3) is 0.333. The summed E-state index contributed by atoms with van der Waals surface area (Å²) >= 11 is 4.32. The summed E-state index contributed by atoms with van der Waals surface area (Å²) in [6.45, 7) is 2.04. The number of fused-ring (bicyclic) bond motifs is 1. The largest absolute Gasteiger partial charge is 0.330 e. The maximum Gasteiger partial charge on any atom is 0.235 e. The molecule has 2 heterocycles. The quantitative estimate of drug-likeness (QED) is 0.375. The molecule has 0 fully saturated rings. The van der Waals surface area contributed by atoms with Crippen molar-refractivity contribution in [3.05, 3.63) is 45.8 Å². The number of nitriles is 1. The van der Waals surface area contributed by atoms with Crippen LogP contribution < -0.4 is 10.6 Å². The number of carbonyl (C=O) groups is 1. The molecule has 0 saturated heterocycles. The molecular weight excluding hydrogens is 434 g/mol. The molecule has 0 bridgehead atoms. The normalized spacial score (nSPS) is 13.2. The van der Waals surface area contributed by atoms with Crippen LogP contribution in [0.1, 0.15) is 40.8 Å². The Morgan fingerprint density at radius 1 is 1.23 bits per heavy atom. The second-order valence-corrected chi connectivity index (χ2v) is 10.4. The van der Waals surface area contributed by atoms with Crippen LogP contribution in [0.15, 0.2) is 28.6 Å². The zero-order valence-electron chi connectivity index (χ0n) is 16.5. The minimum absolute atomic E-state index is 0.128. The van der Waals surface area contributed by atoms with Gasteiger partial charge in [0.25, 0.3) is 0 Å². The zero-order chi connectivity index (χ0) is 20.9. The number of rotatable bonds is 6. The van der Waals surface area contributed by atoms with Gasteiger partial charge in [0.05, 0.1) is 11.3 Å². The first-order valence-corrected chi connectivity index (χ1v) is 12.4. The van der Waals surface area contributed by atoms with Gasteiger partial charge in [0.2, 0.25) is 11.0 Å². The molecular formula is C21H21N5OS3. The molecule has 1 aliphatic rings. The highest BCUT2D eigenvalue weighted by Crippen LogP contribution is 2.37. The number of nitrogens with zero attached hydrogens (tertiary/aromatic N) is 3. The SMILES string of the molecule is Cc1cccc(Nc2nnc(SCC(=O)Nc3sc4c(c3C#N)CCCCC4)s2)c1. The summed E-state index contributed by atoms with van der Waals surface area (Å²) in [5.41, 5.74) is 3.91. The Labute approximate surface area is 187 Å². The lowest BCUT2D eigenvalue weighted by molar-refractivity contribution is -0.113. The maximum absolute atomic E-state index is 12.5. The number of carbonyl (C=O) groups excluding carboxylic acids is 1. The Morgan fingerprint density at radius 3 is 2.93 bits per heavy atom. The lowest BCUT2D eigenvalue weighted by atomic mass is 10.1. The molecule has 0 aliphatic heterocycles. The van der Waals surface area contributed by atoms with Crippen LogP contribution >= 0.6 is 34.4 Å². The van der Waals surface area contributed by atoms with Crippen molar-refractivity contribution in [2.75, 3.05) is 16.4 Å². The molecule has 0 atom stereocenters. The first kappa shape index (κ1) is 20.8. The van der Waals surface area contributed by atoms with Crippen molar-refractivity contribution in [2.45, 2.75) is 43.4 Å². The number of aromatic nitrogens is 2. The first-order chi connectivity index (χ1) is 14.6. The average molecular weight is 456 g/mol. The van der Waals surface area contributed by atoms with Gasteiger partial charge in [-0.05, 0) is 55.9 Å². The predicted molar refractivity (Wildman–Crippen MR) is 124 cm³/mol. The maximum atomic E-state index is 12.5. The molecule has 0 spiro atoms. The van der Waals surface area contributed by atoms with Gasteiger partial charge in [-0.15, -0.1) is 21.5 Å². The fourth-order valence-electron chi connectivity index (χ4n) is 3.40. The molecule has 154 valence electrons. The van der Waals surface area contributed by atoms with Crippen molar-refractivity contribution in [2.24, 2.45) is 0 Å². The Bertz CT molecular complexity index is 1100. The van der Waals surface area contributed by atoms with E-state index in [1.165, 1.54) is 40.0 Å². The highest BCUT2D eigenvalue weighted by Gasteiger charge is 2.21. The highest BCUT2D eigenvalue weighted by atomic mass is 32.2. The van der Waals surface area contributed by atoms with Crippen LogP contribution in [0.25, 0.3) is 0 Å². The zero-order valence-corrected chi connectivity index (χ0v) is 19.0.